The maximum atomic E-state index is 5.68. The number of nitrogens with zero attached hydrogens (tertiary/aromatic N) is 4. The van der Waals surface area contributed by atoms with E-state index in [1.807, 2.05) is 36.4 Å². The fourth-order valence-corrected chi connectivity index (χ4v) is 2.17. The molecule has 0 aliphatic heterocycles. The summed E-state index contributed by atoms with van der Waals surface area (Å²) in [6, 6.07) is 13.7. The third-order valence-corrected chi connectivity index (χ3v) is 3.34. The quantitative estimate of drug-likeness (QED) is 0.570. The molecule has 0 atom stereocenters. The number of furan rings is 1. The molecule has 0 saturated heterocycles. The third kappa shape index (κ3) is 3.00. The van der Waals surface area contributed by atoms with Crippen molar-refractivity contribution in [1.29, 1.82) is 0 Å². The van der Waals surface area contributed by atoms with Crippen molar-refractivity contribution in [3.05, 3.63) is 66.2 Å². The Labute approximate surface area is 137 Å². The molecule has 1 aromatic carbocycles. The Balaban J connectivity index is 1.62. The van der Waals surface area contributed by atoms with Gasteiger partial charge in [-0.15, -0.1) is 0 Å². The number of fused-ring (bicyclic) bond motifs is 1. The molecule has 1 N–H and O–H groups in total. The minimum Gasteiger partial charge on any atom is -0.463 e. The van der Waals surface area contributed by atoms with Gasteiger partial charge in [-0.05, 0) is 17.7 Å². The Morgan fingerprint density at radius 2 is 2.04 bits per heavy atom. The molecular formula is C17H13N5O2. The van der Waals surface area contributed by atoms with E-state index in [-0.39, 0.29) is 6.01 Å². The molecule has 3 heterocycles. The number of aromatic amines is 1. The summed E-state index contributed by atoms with van der Waals surface area (Å²) in [5, 5.41) is 7.51. The fourth-order valence-electron chi connectivity index (χ4n) is 2.17. The van der Waals surface area contributed by atoms with Crippen LogP contribution in [0.2, 0.25) is 0 Å². The van der Waals surface area contributed by atoms with E-state index in [0.29, 0.717) is 29.2 Å². The number of aliphatic imine (C=N–C) groups is 1. The fraction of sp³-hybridized carbons (Fsp3) is 0.0588. The zero-order chi connectivity index (χ0) is 16.2. The molecule has 0 saturated carbocycles. The average molecular weight is 319 g/mol. The number of ether oxygens (including phenoxy) is 1. The van der Waals surface area contributed by atoms with Crippen LogP contribution in [0.5, 0.6) is 6.01 Å². The van der Waals surface area contributed by atoms with Crippen LogP contribution in [0.4, 0.5) is 5.82 Å². The van der Waals surface area contributed by atoms with Crippen LogP contribution in [0.1, 0.15) is 11.3 Å². The Morgan fingerprint density at radius 1 is 1.12 bits per heavy atom. The smallest absolute Gasteiger partial charge is 0.320 e. The summed E-state index contributed by atoms with van der Waals surface area (Å²) in [7, 11) is 0. The third-order valence-electron chi connectivity index (χ3n) is 3.34. The molecular weight excluding hydrogens is 306 g/mol. The zero-order valence-electron chi connectivity index (χ0n) is 12.6. The van der Waals surface area contributed by atoms with Crippen LogP contribution >= 0.6 is 0 Å². The highest BCUT2D eigenvalue weighted by atomic mass is 16.5. The van der Waals surface area contributed by atoms with Crippen molar-refractivity contribution in [2.75, 3.05) is 0 Å². The second kappa shape index (κ2) is 6.33. The lowest BCUT2D eigenvalue weighted by Crippen LogP contribution is -1.99. The molecule has 0 unspecified atom stereocenters. The number of hydrogen-bond acceptors (Lipinski definition) is 6. The molecule has 0 aliphatic carbocycles. The number of hydrogen-bond donors (Lipinski definition) is 1. The zero-order valence-corrected chi connectivity index (χ0v) is 12.6. The lowest BCUT2D eigenvalue weighted by Gasteiger charge is -2.05. The normalized spacial score (nSPS) is 11.3. The molecule has 0 radical (unpaired) electrons. The van der Waals surface area contributed by atoms with Crippen LogP contribution in [0, 0.1) is 0 Å². The van der Waals surface area contributed by atoms with Crippen molar-refractivity contribution in [2.24, 2.45) is 4.99 Å². The Hall–Kier alpha value is -3.48. The number of nitrogens with one attached hydrogen (secondary N) is 1. The minimum absolute atomic E-state index is 0.238. The van der Waals surface area contributed by atoms with Crippen LogP contribution in [-0.4, -0.2) is 26.4 Å². The first-order valence-electron chi connectivity index (χ1n) is 7.34. The van der Waals surface area contributed by atoms with Gasteiger partial charge in [-0.2, -0.15) is 15.1 Å². The van der Waals surface area contributed by atoms with Crippen LogP contribution < -0.4 is 4.74 Å². The Morgan fingerprint density at radius 3 is 2.88 bits per heavy atom. The van der Waals surface area contributed by atoms with Gasteiger partial charge in [0, 0.05) is 0 Å². The van der Waals surface area contributed by atoms with Crippen LogP contribution in [-0.2, 0) is 6.61 Å². The van der Waals surface area contributed by atoms with E-state index in [1.54, 1.807) is 24.7 Å². The van der Waals surface area contributed by atoms with Crippen LogP contribution in [0.25, 0.3) is 11.0 Å². The first-order chi connectivity index (χ1) is 11.9. The molecule has 7 nitrogen and oxygen atoms in total. The van der Waals surface area contributed by atoms with Gasteiger partial charge < -0.3 is 9.15 Å². The van der Waals surface area contributed by atoms with Gasteiger partial charge in [0.15, 0.2) is 11.5 Å². The van der Waals surface area contributed by atoms with Gasteiger partial charge >= 0.3 is 6.01 Å². The molecule has 7 heteroatoms. The van der Waals surface area contributed by atoms with E-state index in [2.05, 4.69) is 25.2 Å². The van der Waals surface area contributed by atoms with Gasteiger partial charge in [-0.25, -0.2) is 4.99 Å². The maximum absolute atomic E-state index is 5.68. The number of aromatic nitrogens is 4. The lowest BCUT2D eigenvalue weighted by molar-refractivity contribution is 0.282. The first-order valence-corrected chi connectivity index (χ1v) is 7.34. The minimum atomic E-state index is 0.238. The number of H-pyrrole nitrogens is 1. The molecule has 0 aliphatic rings. The van der Waals surface area contributed by atoms with Crippen LogP contribution in [0.15, 0.2) is 64.3 Å². The predicted octanol–water partition coefficient (Wildman–Crippen LogP) is 3.28. The topological polar surface area (TPSA) is 89.2 Å². The van der Waals surface area contributed by atoms with E-state index < -0.39 is 0 Å². The van der Waals surface area contributed by atoms with Crippen molar-refractivity contribution < 1.29 is 9.15 Å². The molecule has 118 valence electrons. The monoisotopic (exact) mass is 319 g/mol. The molecule has 24 heavy (non-hydrogen) atoms. The van der Waals surface area contributed by atoms with Gasteiger partial charge in [0.25, 0.3) is 0 Å². The predicted molar refractivity (Wildman–Crippen MR) is 88.4 cm³/mol. The summed E-state index contributed by atoms with van der Waals surface area (Å²) < 4.78 is 10.9. The summed E-state index contributed by atoms with van der Waals surface area (Å²) in [6.07, 6.45) is 4.81. The SMILES string of the molecule is C(=Nc1nc(OCc2ccccc2)nc2[nH]ncc12)c1ccco1. The van der Waals surface area contributed by atoms with Crippen molar-refractivity contribution in [3.8, 4) is 6.01 Å². The Kier molecular flexibility index (Phi) is 3.73. The van der Waals surface area contributed by atoms with E-state index in [9.17, 15) is 0 Å². The highest BCUT2D eigenvalue weighted by Crippen LogP contribution is 2.24. The number of rotatable bonds is 5. The van der Waals surface area contributed by atoms with E-state index in [1.165, 1.54) is 0 Å². The highest BCUT2D eigenvalue weighted by Gasteiger charge is 2.10. The average Bonchev–Trinajstić information content (AvgIpc) is 3.30. The molecule has 4 aromatic rings. The van der Waals surface area contributed by atoms with Crippen molar-refractivity contribution in [3.63, 3.8) is 0 Å². The summed E-state index contributed by atoms with van der Waals surface area (Å²) >= 11 is 0. The molecule has 0 spiro atoms. The number of benzene rings is 1. The van der Waals surface area contributed by atoms with E-state index in [0.717, 1.165) is 5.56 Å². The van der Waals surface area contributed by atoms with Gasteiger partial charge in [-0.3, -0.25) is 5.10 Å². The second-order valence-corrected chi connectivity index (χ2v) is 5.01. The Bertz CT molecular complexity index is 961. The van der Waals surface area contributed by atoms with Crippen molar-refractivity contribution >= 4 is 23.1 Å². The highest BCUT2D eigenvalue weighted by molar-refractivity contribution is 5.88. The van der Waals surface area contributed by atoms with Crippen LogP contribution in [0.3, 0.4) is 0 Å². The molecule has 0 amide bonds. The molecule has 3 aromatic heterocycles. The standard InChI is InChI=1S/C17H13N5O2/c1-2-5-12(6-3-1)11-24-17-20-15(14-10-19-22-16(14)21-17)18-9-13-7-4-8-23-13/h1-10H,11H2,(H,19,20,21,22). The van der Waals surface area contributed by atoms with Gasteiger partial charge in [0.1, 0.15) is 12.4 Å². The van der Waals surface area contributed by atoms with E-state index in [4.69, 9.17) is 9.15 Å². The van der Waals surface area contributed by atoms with Gasteiger partial charge in [0.05, 0.1) is 24.1 Å². The molecule has 4 rings (SSSR count). The molecule has 0 bridgehead atoms. The van der Waals surface area contributed by atoms with Gasteiger partial charge in [0.2, 0.25) is 0 Å². The second-order valence-electron chi connectivity index (χ2n) is 5.01. The first kappa shape index (κ1) is 14.1. The molecule has 0 fully saturated rings. The van der Waals surface area contributed by atoms with Gasteiger partial charge in [-0.1, -0.05) is 30.3 Å². The van der Waals surface area contributed by atoms with Crippen molar-refractivity contribution in [2.45, 2.75) is 6.61 Å². The summed E-state index contributed by atoms with van der Waals surface area (Å²) in [6.45, 7) is 0.377. The summed E-state index contributed by atoms with van der Waals surface area (Å²) in [4.78, 5) is 13.0. The summed E-state index contributed by atoms with van der Waals surface area (Å²) in [5.41, 5.74) is 1.60. The lowest BCUT2D eigenvalue weighted by atomic mass is 10.2. The van der Waals surface area contributed by atoms with E-state index >= 15 is 0 Å². The van der Waals surface area contributed by atoms with Crippen molar-refractivity contribution in [1.82, 2.24) is 20.2 Å². The maximum Gasteiger partial charge on any atom is 0.320 e. The largest absolute Gasteiger partial charge is 0.463 e. The summed E-state index contributed by atoms with van der Waals surface area (Å²) in [5.74, 6) is 1.10.